The third-order valence-corrected chi connectivity index (χ3v) is 3.82. The third kappa shape index (κ3) is 4.80. The van der Waals surface area contributed by atoms with Gasteiger partial charge in [-0.15, -0.1) is 0 Å². The largest absolute Gasteiger partial charge is 0.489 e. The van der Waals surface area contributed by atoms with Gasteiger partial charge >= 0.3 is 0 Å². The van der Waals surface area contributed by atoms with Gasteiger partial charge in [-0.25, -0.2) is 4.39 Å². The predicted molar refractivity (Wildman–Crippen MR) is 97.6 cm³/mol. The summed E-state index contributed by atoms with van der Waals surface area (Å²) in [7, 11) is 0. The van der Waals surface area contributed by atoms with Crippen molar-refractivity contribution in [2.75, 3.05) is 5.32 Å². The molecule has 0 aliphatic rings. The Bertz CT molecular complexity index is 863. The fourth-order valence-electron chi connectivity index (χ4n) is 2.36. The van der Waals surface area contributed by atoms with Crippen molar-refractivity contribution >= 4 is 11.4 Å². The zero-order chi connectivity index (χ0) is 18.4. The normalized spacial score (nSPS) is 10.3. The number of hydrogen-bond donors (Lipinski definition) is 1. The molecule has 0 radical (unpaired) electrons. The monoisotopic (exact) mass is 352 g/mol. The van der Waals surface area contributed by atoms with Crippen molar-refractivity contribution in [1.29, 1.82) is 0 Å². The van der Waals surface area contributed by atoms with Crippen LogP contribution < -0.4 is 10.1 Å². The van der Waals surface area contributed by atoms with Crippen LogP contribution in [0.5, 0.6) is 5.75 Å². The Labute approximate surface area is 150 Å². The highest BCUT2D eigenvalue weighted by Crippen LogP contribution is 2.17. The van der Waals surface area contributed by atoms with Crippen LogP contribution in [0.25, 0.3) is 0 Å². The first-order valence-electron chi connectivity index (χ1n) is 8.05. The van der Waals surface area contributed by atoms with Gasteiger partial charge in [0.1, 0.15) is 18.2 Å². The Morgan fingerprint density at radius 3 is 2.12 bits per heavy atom. The number of ether oxygens (including phenoxy) is 1. The minimum Gasteiger partial charge on any atom is -0.489 e. The molecule has 0 unspecified atom stereocenters. The molecule has 0 fully saturated rings. The summed E-state index contributed by atoms with van der Waals surface area (Å²) in [6.07, 6.45) is 0. The molecule has 0 atom stereocenters. The molecule has 3 aromatic carbocycles. The van der Waals surface area contributed by atoms with E-state index in [2.05, 4.69) is 5.32 Å². The van der Waals surface area contributed by atoms with Crippen molar-refractivity contribution in [2.24, 2.45) is 0 Å². The van der Waals surface area contributed by atoms with Crippen LogP contribution in [0.4, 0.5) is 15.8 Å². The molecule has 6 heteroatoms. The molecule has 0 saturated carbocycles. The van der Waals surface area contributed by atoms with Crippen LogP contribution in [0.15, 0.2) is 72.8 Å². The molecule has 132 valence electrons. The Balaban J connectivity index is 1.50. The fourth-order valence-corrected chi connectivity index (χ4v) is 2.36. The summed E-state index contributed by atoms with van der Waals surface area (Å²) in [5.74, 6) is 0.457. The molecule has 0 spiro atoms. The van der Waals surface area contributed by atoms with Gasteiger partial charge in [0.25, 0.3) is 5.69 Å². The van der Waals surface area contributed by atoms with E-state index in [1.807, 2.05) is 24.3 Å². The zero-order valence-electron chi connectivity index (χ0n) is 13.9. The topological polar surface area (TPSA) is 64.4 Å². The number of non-ortho nitro benzene ring substituents is 1. The van der Waals surface area contributed by atoms with Gasteiger partial charge in [0.2, 0.25) is 0 Å². The van der Waals surface area contributed by atoms with E-state index in [4.69, 9.17) is 4.74 Å². The molecule has 0 aliphatic heterocycles. The maximum absolute atomic E-state index is 12.9. The average molecular weight is 352 g/mol. The van der Waals surface area contributed by atoms with Crippen molar-refractivity contribution in [3.8, 4) is 5.75 Å². The molecule has 0 bridgehead atoms. The number of nitrogens with one attached hydrogen (secondary N) is 1. The summed E-state index contributed by atoms with van der Waals surface area (Å²) < 4.78 is 18.6. The van der Waals surface area contributed by atoms with Crippen LogP contribution in [0.1, 0.15) is 11.1 Å². The lowest BCUT2D eigenvalue weighted by Gasteiger charge is -2.09. The molecule has 5 nitrogen and oxygen atoms in total. The lowest BCUT2D eigenvalue weighted by Crippen LogP contribution is -2.00. The number of benzene rings is 3. The molecule has 3 rings (SSSR count). The highest BCUT2D eigenvalue weighted by Gasteiger charge is 2.04. The Kier molecular flexibility index (Phi) is 5.43. The Morgan fingerprint density at radius 2 is 1.50 bits per heavy atom. The standard InChI is InChI=1S/C20H17FN2O3/c21-17-5-7-18(8-6-17)22-13-15-3-11-20(12-4-15)26-14-16-1-9-19(10-2-16)23(24)25/h1-12,22H,13-14H2. The SMILES string of the molecule is O=[N+]([O-])c1ccc(COc2ccc(CNc3ccc(F)cc3)cc2)cc1. The molecule has 0 aliphatic carbocycles. The van der Waals surface area contributed by atoms with Crippen molar-refractivity contribution in [3.63, 3.8) is 0 Å². The minimum absolute atomic E-state index is 0.0618. The van der Waals surface area contributed by atoms with Gasteiger partial charge in [0, 0.05) is 24.4 Å². The van der Waals surface area contributed by atoms with Crippen LogP contribution in [0, 0.1) is 15.9 Å². The first-order valence-corrected chi connectivity index (χ1v) is 8.05. The first-order chi connectivity index (χ1) is 12.6. The van der Waals surface area contributed by atoms with Crippen LogP contribution in [-0.2, 0) is 13.2 Å². The molecule has 1 N–H and O–H groups in total. The molecular weight excluding hydrogens is 335 g/mol. The number of anilines is 1. The quantitative estimate of drug-likeness (QED) is 0.484. The second kappa shape index (κ2) is 8.11. The minimum atomic E-state index is -0.427. The van der Waals surface area contributed by atoms with Gasteiger partial charge in [0.05, 0.1) is 4.92 Å². The molecule has 3 aromatic rings. The Hall–Kier alpha value is -3.41. The summed E-state index contributed by atoms with van der Waals surface area (Å²) in [5.41, 5.74) is 2.84. The maximum atomic E-state index is 12.9. The molecule has 0 heterocycles. The van der Waals surface area contributed by atoms with Gasteiger partial charge in [-0.05, 0) is 59.7 Å². The summed E-state index contributed by atoms with van der Waals surface area (Å²) in [5, 5.41) is 13.9. The van der Waals surface area contributed by atoms with Gasteiger partial charge < -0.3 is 10.1 Å². The number of nitro benzene ring substituents is 1. The van der Waals surface area contributed by atoms with E-state index in [-0.39, 0.29) is 11.5 Å². The van der Waals surface area contributed by atoms with E-state index < -0.39 is 4.92 Å². The summed E-state index contributed by atoms with van der Waals surface area (Å²) in [6, 6.07) is 20.1. The smallest absolute Gasteiger partial charge is 0.269 e. The van der Waals surface area contributed by atoms with Gasteiger partial charge in [0.15, 0.2) is 0 Å². The van der Waals surface area contributed by atoms with E-state index in [1.54, 1.807) is 24.3 Å². The molecule has 0 amide bonds. The van der Waals surface area contributed by atoms with Crippen LogP contribution >= 0.6 is 0 Å². The second-order valence-electron chi connectivity index (χ2n) is 5.72. The number of nitro groups is 1. The van der Waals surface area contributed by atoms with E-state index >= 15 is 0 Å². The highest BCUT2D eigenvalue weighted by atomic mass is 19.1. The average Bonchev–Trinajstić information content (AvgIpc) is 2.67. The van der Waals surface area contributed by atoms with Gasteiger partial charge in [-0.2, -0.15) is 0 Å². The van der Waals surface area contributed by atoms with E-state index in [1.165, 1.54) is 24.3 Å². The Morgan fingerprint density at radius 1 is 0.885 bits per heavy atom. The van der Waals surface area contributed by atoms with Crippen molar-refractivity contribution in [1.82, 2.24) is 0 Å². The third-order valence-electron chi connectivity index (χ3n) is 3.82. The lowest BCUT2D eigenvalue weighted by molar-refractivity contribution is -0.384. The molecule has 0 aromatic heterocycles. The molecule has 26 heavy (non-hydrogen) atoms. The second-order valence-corrected chi connectivity index (χ2v) is 5.72. The highest BCUT2D eigenvalue weighted by molar-refractivity contribution is 5.43. The molecule has 0 saturated heterocycles. The summed E-state index contributed by atoms with van der Waals surface area (Å²) in [6.45, 7) is 0.958. The van der Waals surface area contributed by atoms with Crippen LogP contribution in [0.2, 0.25) is 0 Å². The van der Waals surface area contributed by atoms with Crippen LogP contribution in [-0.4, -0.2) is 4.92 Å². The number of rotatable bonds is 7. The number of halogens is 1. The summed E-state index contributed by atoms with van der Waals surface area (Å²) in [4.78, 5) is 10.2. The molecular formula is C20H17FN2O3. The zero-order valence-corrected chi connectivity index (χ0v) is 13.9. The fraction of sp³-hybridized carbons (Fsp3) is 0.100. The van der Waals surface area contributed by atoms with Crippen LogP contribution in [0.3, 0.4) is 0 Å². The van der Waals surface area contributed by atoms with Crippen molar-refractivity contribution in [2.45, 2.75) is 13.2 Å². The van der Waals surface area contributed by atoms with Crippen molar-refractivity contribution in [3.05, 3.63) is 99.9 Å². The van der Waals surface area contributed by atoms with Gasteiger partial charge in [-0.1, -0.05) is 12.1 Å². The van der Waals surface area contributed by atoms with E-state index in [0.29, 0.717) is 18.9 Å². The van der Waals surface area contributed by atoms with E-state index in [0.717, 1.165) is 16.8 Å². The maximum Gasteiger partial charge on any atom is 0.269 e. The van der Waals surface area contributed by atoms with Crippen molar-refractivity contribution < 1.29 is 14.1 Å². The van der Waals surface area contributed by atoms with Gasteiger partial charge in [-0.3, -0.25) is 10.1 Å². The summed E-state index contributed by atoms with van der Waals surface area (Å²) >= 11 is 0. The lowest BCUT2D eigenvalue weighted by atomic mass is 10.2. The van der Waals surface area contributed by atoms with E-state index in [9.17, 15) is 14.5 Å². The number of nitrogens with zero attached hydrogens (tertiary/aromatic N) is 1. The number of hydrogen-bond acceptors (Lipinski definition) is 4. The first kappa shape index (κ1) is 17.4. The predicted octanol–water partition coefficient (Wildman–Crippen LogP) is 4.93.